The van der Waals surface area contributed by atoms with Gasteiger partial charge in [-0.3, -0.25) is 14.5 Å². The first-order chi connectivity index (χ1) is 15.5. The summed E-state index contributed by atoms with van der Waals surface area (Å²) >= 11 is 2.98. The molecule has 0 saturated carbocycles. The van der Waals surface area contributed by atoms with E-state index in [4.69, 9.17) is 0 Å². The Morgan fingerprint density at radius 1 is 0.969 bits per heavy atom. The lowest BCUT2D eigenvalue weighted by molar-refractivity contribution is 0.00876. The molecule has 0 spiro atoms. The Morgan fingerprint density at radius 3 is 2.34 bits per heavy atom. The van der Waals surface area contributed by atoms with Gasteiger partial charge in [0.05, 0.1) is 4.88 Å². The molecule has 2 aromatic heterocycles. The van der Waals surface area contributed by atoms with E-state index >= 15 is 0 Å². The molecule has 0 atom stereocenters. The second-order valence-corrected chi connectivity index (χ2v) is 10.5. The first-order valence-corrected chi connectivity index (χ1v) is 12.6. The maximum atomic E-state index is 13.1. The van der Waals surface area contributed by atoms with Crippen molar-refractivity contribution in [1.82, 2.24) is 19.7 Å². The van der Waals surface area contributed by atoms with E-state index in [1.807, 2.05) is 22.1 Å². The first kappa shape index (κ1) is 21.3. The van der Waals surface area contributed by atoms with E-state index in [9.17, 15) is 9.59 Å². The number of aromatic nitrogens is 1. The minimum absolute atomic E-state index is 0.0302. The second kappa shape index (κ2) is 8.77. The highest BCUT2D eigenvalue weighted by Gasteiger charge is 2.38. The second-order valence-electron chi connectivity index (χ2n) is 8.52. The van der Waals surface area contributed by atoms with Gasteiger partial charge in [0.25, 0.3) is 11.8 Å². The van der Waals surface area contributed by atoms with Crippen LogP contribution in [0.5, 0.6) is 0 Å². The van der Waals surface area contributed by atoms with Gasteiger partial charge in [-0.05, 0) is 31.0 Å². The Bertz CT molecular complexity index is 1110. The predicted molar refractivity (Wildman–Crippen MR) is 129 cm³/mol. The lowest BCUT2D eigenvalue weighted by Crippen LogP contribution is -2.64. The minimum atomic E-state index is 0.0302. The number of aryl methyl sites for hydroxylation is 2. The number of carbonyl (C=O) groups is 2. The van der Waals surface area contributed by atoms with E-state index in [1.165, 1.54) is 16.9 Å². The van der Waals surface area contributed by atoms with Gasteiger partial charge in [0.2, 0.25) is 0 Å². The number of nitrogens with zero attached hydrogens (tertiary/aromatic N) is 4. The molecular formula is C24H26N4O2S2. The van der Waals surface area contributed by atoms with Crippen LogP contribution in [0.2, 0.25) is 0 Å². The summed E-state index contributed by atoms with van der Waals surface area (Å²) in [6.45, 7) is 8.75. The molecule has 0 unspecified atom stereocenters. The van der Waals surface area contributed by atoms with Crippen LogP contribution < -0.4 is 0 Å². The zero-order valence-corrected chi connectivity index (χ0v) is 19.9. The number of piperazine rings is 1. The molecule has 2 aliphatic rings. The summed E-state index contributed by atoms with van der Waals surface area (Å²) in [6, 6.07) is 11.0. The fourth-order valence-electron chi connectivity index (χ4n) is 4.30. The number of hydrogen-bond donors (Lipinski definition) is 0. The van der Waals surface area contributed by atoms with Crippen LogP contribution in [0.4, 0.5) is 0 Å². The largest absolute Gasteiger partial charge is 0.335 e. The molecule has 0 bridgehead atoms. The van der Waals surface area contributed by atoms with Gasteiger partial charge in [0.1, 0.15) is 0 Å². The quantitative estimate of drug-likeness (QED) is 0.587. The first-order valence-electron chi connectivity index (χ1n) is 10.9. The lowest BCUT2D eigenvalue weighted by atomic mass is 10.0. The molecule has 166 valence electrons. The molecule has 0 N–H and O–H groups in total. The van der Waals surface area contributed by atoms with Crippen molar-refractivity contribution in [1.29, 1.82) is 0 Å². The summed E-state index contributed by atoms with van der Waals surface area (Å²) in [7, 11) is 0. The maximum absolute atomic E-state index is 13.1. The van der Waals surface area contributed by atoms with Crippen molar-refractivity contribution in [3.8, 4) is 10.4 Å². The monoisotopic (exact) mass is 466 g/mol. The van der Waals surface area contributed by atoms with E-state index in [1.54, 1.807) is 17.5 Å². The number of carbonyl (C=O) groups excluding carboxylic acids is 2. The van der Waals surface area contributed by atoms with Crippen LogP contribution in [-0.4, -0.2) is 76.8 Å². The van der Waals surface area contributed by atoms with E-state index in [-0.39, 0.29) is 11.8 Å². The van der Waals surface area contributed by atoms with Crippen molar-refractivity contribution in [2.24, 2.45) is 0 Å². The van der Waals surface area contributed by atoms with Gasteiger partial charge in [0, 0.05) is 61.8 Å². The Balaban J connectivity index is 1.15. The van der Waals surface area contributed by atoms with Gasteiger partial charge in [0.15, 0.2) is 5.01 Å². The van der Waals surface area contributed by atoms with Crippen LogP contribution in [0.1, 0.15) is 30.6 Å². The third kappa shape index (κ3) is 4.10. The highest BCUT2D eigenvalue weighted by Crippen LogP contribution is 2.33. The topological polar surface area (TPSA) is 56.8 Å². The third-order valence-corrected chi connectivity index (χ3v) is 8.37. The maximum Gasteiger partial charge on any atom is 0.282 e. The van der Waals surface area contributed by atoms with Crippen molar-refractivity contribution in [2.75, 3.05) is 39.3 Å². The lowest BCUT2D eigenvalue weighted by Gasteiger charge is -2.48. The minimum Gasteiger partial charge on any atom is -0.335 e. The molecule has 32 heavy (non-hydrogen) atoms. The van der Waals surface area contributed by atoms with Crippen molar-refractivity contribution in [3.63, 3.8) is 0 Å². The highest BCUT2D eigenvalue weighted by molar-refractivity contribution is 7.17. The molecule has 2 fully saturated rings. The van der Waals surface area contributed by atoms with Crippen LogP contribution in [0.25, 0.3) is 10.4 Å². The number of hydrogen-bond acceptors (Lipinski definition) is 6. The van der Waals surface area contributed by atoms with Crippen LogP contribution in [-0.2, 0) is 0 Å². The van der Waals surface area contributed by atoms with Crippen LogP contribution in [0, 0.1) is 13.8 Å². The van der Waals surface area contributed by atoms with Crippen LogP contribution >= 0.6 is 22.7 Å². The summed E-state index contributed by atoms with van der Waals surface area (Å²) in [5, 5.41) is 2.40. The fourth-order valence-corrected chi connectivity index (χ4v) is 6.05. The zero-order chi connectivity index (χ0) is 22.2. The molecule has 2 aliphatic heterocycles. The van der Waals surface area contributed by atoms with Crippen molar-refractivity contribution in [2.45, 2.75) is 19.9 Å². The molecule has 0 radical (unpaired) electrons. The molecule has 5 rings (SSSR count). The van der Waals surface area contributed by atoms with Crippen molar-refractivity contribution in [3.05, 3.63) is 62.9 Å². The summed E-state index contributed by atoms with van der Waals surface area (Å²) in [4.78, 5) is 38.0. The third-order valence-electron chi connectivity index (χ3n) is 6.33. The van der Waals surface area contributed by atoms with E-state index in [0.29, 0.717) is 24.1 Å². The smallest absolute Gasteiger partial charge is 0.282 e. The summed E-state index contributed by atoms with van der Waals surface area (Å²) in [5.74, 6) is 0.169. The Morgan fingerprint density at radius 2 is 1.69 bits per heavy atom. The number of likely N-dealkylation sites (tertiary alicyclic amines) is 1. The molecule has 2 amide bonds. The van der Waals surface area contributed by atoms with Crippen LogP contribution in [0.15, 0.2) is 41.9 Å². The van der Waals surface area contributed by atoms with Gasteiger partial charge in [-0.15, -0.1) is 22.7 Å². The number of benzene rings is 1. The number of rotatable bonds is 4. The predicted octanol–water partition coefficient (Wildman–Crippen LogP) is 3.77. The SMILES string of the molecule is Cc1ccc(-c2cc(C)c(C(=O)N3CC(N4CCN(C(=O)c5nccs5)CC4)C3)s2)cc1. The molecule has 8 heteroatoms. The van der Waals surface area contributed by atoms with E-state index < -0.39 is 0 Å². The highest BCUT2D eigenvalue weighted by atomic mass is 32.1. The molecule has 3 aromatic rings. The molecule has 6 nitrogen and oxygen atoms in total. The van der Waals surface area contributed by atoms with Gasteiger partial charge in [-0.1, -0.05) is 29.8 Å². The molecule has 1 aromatic carbocycles. The fraction of sp³-hybridized carbons (Fsp3) is 0.375. The van der Waals surface area contributed by atoms with Crippen molar-refractivity contribution >= 4 is 34.5 Å². The van der Waals surface area contributed by atoms with Gasteiger partial charge in [-0.2, -0.15) is 0 Å². The Kier molecular flexibility index (Phi) is 5.84. The molecule has 2 saturated heterocycles. The number of amides is 2. The van der Waals surface area contributed by atoms with E-state index in [0.717, 1.165) is 47.1 Å². The van der Waals surface area contributed by atoms with Gasteiger partial charge >= 0.3 is 0 Å². The average molecular weight is 467 g/mol. The number of thiazole rings is 1. The van der Waals surface area contributed by atoms with Gasteiger partial charge in [-0.25, -0.2) is 4.98 Å². The summed E-state index contributed by atoms with van der Waals surface area (Å²) in [6.07, 6.45) is 1.67. The normalized spacial score (nSPS) is 17.4. The average Bonchev–Trinajstić information content (AvgIpc) is 3.43. The Hall–Kier alpha value is -2.55. The van der Waals surface area contributed by atoms with Crippen molar-refractivity contribution < 1.29 is 9.59 Å². The molecule has 0 aliphatic carbocycles. The molecule has 4 heterocycles. The Labute approximate surface area is 196 Å². The summed E-state index contributed by atoms with van der Waals surface area (Å²) < 4.78 is 0. The van der Waals surface area contributed by atoms with Crippen LogP contribution in [0.3, 0.4) is 0 Å². The standard InChI is InChI=1S/C24H26N4O2S2/c1-16-3-5-18(6-4-16)20-13-17(2)21(32-20)23(29)28-14-19(15-28)26-8-10-27(11-9-26)24(30)22-25-7-12-31-22/h3-7,12-13,19H,8-11,14-15H2,1-2H3. The zero-order valence-electron chi connectivity index (χ0n) is 18.3. The van der Waals surface area contributed by atoms with Gasteiger partial charge < -0.3 is 9.80 Å². The molecular weight excluding hydrogens is 440 g/mol. The van der Waals surface area contributed by atoms with E-state index in [2.05, 4.69) is 47.1 Å². The number of thiophene rings is 1. The summed E-state index contributed by atoms with van der Waals surface area (Å²) in [5.41, 5.74) is 3.45.